The van der Waals surface area contributed by atoms with Crippen LogP contribution in [0.2, 0.25) is 6.82 Å². The molecule has 17 heavy (non-hydrogen) atoms. The summed E-state index contributed by atoms with van der Waals surface area (Å²) >= 11 is 0. The van der Waals surface area contributed by atoms with E-state index in [0.717, 1.165) is 31.6 Å². The minimum Gasteiger partial charge on any atom is -0.437 e. The summed E-state index contributed by atoms with van der Waals surface area (Å²) in [4.78, 5) is 6.40. The van der Waals surface area contributed by atoms with E-state index in [4.69, 9.17) is 11.5 Å². The number of nitrogens with zero attached hydrogens (tertiary/aromatic N) is 2. The quantitative estimate of drug-likeness (QED) is 0.650. The van der Waals surface area contributed by atoms with E-state index in [0.29, 0.717) is 17.4 Å². The van der Waals surface area contributed by atoms with Crippen LogP contribution in [0.4, 0.5) is 11.5 Å². The lowest BCUT2D eigenvalue weighted by Crippen LogP contribution is -2.42. The first-order valence-electron chi connectivity index (χ1n) is 6.02. The Hall–Kier alpha value is -1.27. The minimum absolute atomic E-state index is 0.361. The molecule has 0 unspecified atom stereocenters. The molecule has 1 saturated heterocycles. The van der Waals surface area contributed by atoms with E-state index in [9.17, 15) is 5.02 Å². The summed E-state index contributed by atoms with van der Waals surface area (Å²) in [7, 11) is -0.361. The van der Waals surface area contributed by atoms with Gasteiger partial charge in [-0.3, -0.25) is 0 Å². The van der Waals surface area contributed by atoms with Crippen molar-refractivity contribution in [1.82, 2.24) is 9.79 Å². The van der Waals surface area contributed by atoms with Gasteiger partial charge in [-0.25, -0.2) is 4.98 Å². The third-order valence-electron chi connectivity index (χ3n) is 3.46. The van der Waals surface area contributed by atoms with Crippen molar-refractivity contribution in [3.05, 3.63) is 17.8 Å². The lowest BCUT2D eigenvalue weighted by Gasteiger charge is -2.32. The fourth-order valence-electron chi connectivity index (χ4n) is 2.30. The predicted octanol–water partition coefficient (Wildman–Crippen LogP) is 0.536. The molecule has 5 nitrogen and oxygen atoms in total. The number of nitrogens with two attached hydrogens (primary N) is 2. The normalized spacial score (nSPS) is 18.2. The fraction of sp³-hybridized carbons (Fsp3) is 0.545. The van der Waals surface area contributed by atoms with Crippen LogP contribution >= 0.6 is 0 Å². The van der Waals surface area contributed by atoms with E-state index in [-0.39, 0.29) is 7.05 Å². The van der Waals surface area contributed by atoms with Crippen LogP contribution in [0.3, 0.4) is 0 Å². The molecule has 5 N–H and O–H groups in total. The van der Waals surface area contributed by atoms with E-state index in [2.05, 4.69) is 9.79 Å². The highest BCUT2D eigenvalue weighted by molar-refractivity contribution is 6.45. The molecule has 2 rings (SSSR count). The SMILES string of the molecule is CB(O)N1CCC(c2ccc(N)c(N)n2)CC1. The van der Waals surface area contributed by atoms with Gasteiger partial charge in [0.15, 0.2) is 0 Å². The summed E-state index contributed by atoms with van der Waals surface area (Å²) < 4.78 is 0. The van der Waals surface area contributed by atoms with Gasteiger partial charge in [0.25, 0.3) is 0 Å². The molecule has 0 amide bonds. The first-order chi connectivity index (χ1) is 8.08. The number of rotatable bonds is 2. The Morgan fingerprint density at radius 3 is 2.53 bits per heavy atom. The highest BCUT2D eigenvalue weighted by Gasteiger charge is 2.25. The largest absolute Gasteiger partial charge is 0.437 e. The molecular weight excluding hydrogens is 215 g/mol. The maximum Gasteiger partial charge on any atom is 0.376 e. The molecule has 6 heteroatoms. The van der Waals surface area contributed by atoms with E-state index in [1.807, 2.05) is 12.1 Å². The summed E-state index contributed by atoms with van der Waals surface area (Å²) in [5, 5.41) is 9.49. The summed E-state index contributed by atoms with van der Waals surface area (Å²) in [5.41, 5.74) is 12.9. The van der Waals surface area contributed by atoms with Gasteiger partial charge < -0.3 is 21.3 Å². The number of piperidine rings is 1. The molecule has 1 aliphatic rings. The van der Waals surface area contributed by atoms with Crippen molar-refractivity contribution in [2.45, 2.75) is 25.6 Å². The summed E-state index contributed by atoms with van der Waals surface area (Å²) in [6, 6.07) is 3.77. The maximum absolute atomic E-state index is 9.49. The number of hydrogen-bond acceptors (Lipinski definition) is 5. The second-order valence-corrected chi connectivity index (χ2v) is 4.65. The van der Waals surface area contributed by atoms with Gasteiger partial charge in [-0.15, -0.1) is 0 Å². The van der Waals surface area contributed by atoms with Crippen molar-refractivity contribution < 1.29 is 5.02 Å². The van der Waals surface area contributed by atoms with Crippen LogP contribution in [0.25, 0.3) is 0 Å². The minimum atomic E-state index is -0.361. The zero-order chi connectivity index (χ0) is 12.4. The topological polar surface area (TPSA) is 88.4 Å². The van der Waals surface area contributed by atoms with Gasteiger partial charge in [0, 0.05) is 11.6 Å². The molecule has 1 fully saturated rings. The molecule has 1 aromatic rings. The van der Waals surface area contributed by atoms with Gasteiger partial charge in [0.2, 0.25) is 0 Å². The van der Waals surface area contributed by atoms with Crippen molar-refractivity contribution in [3.8, 4) is 0 Å². The van der Waals surface area contributed by atoms with E-state index in [1.165, 1.54) is 0 Å². The second-order valence-electron chi connectivity index (χ2n) is 4.65. The van der Waals surface area contributed by atoms with Crippen molar-refractivity contribution in [1.29, 1.82) is 0 Å². The van der Waals surface area contributed by atoms with E-state index in [1.54, 1.807) is 6.82 Å². The van der Waals surface area contributed by atoms with Crippen molar-refractivity contribution in [2.75, 3.05) is 24.6 Å². The Labute approximate surface area is 102 Å². The van der Waals surface area contributed by atoms with Gasteiger partial charge in [-0.05, 0) is 44.9 Å². The third kappa shape index (κ3) is 2.70. The fourth-order valence-corrected chi connectivity index (χ4v) is 2.30. The number of anilines is 2. The first-order valence-corrected chi connectivity index (χ1v) is 6.02. The van der Waals surface area contributed by atoms with Gasteiger partial charge in [0.05, 0.1) is 5.69 Å². The van der Waals surface area contributed by atoms with E-state index >= 15 is 0 Å². The number of hydrogen-bond donors (Lipinski definition) is 3. The first kappa shape index (κ1) is 12.2. The smallest absolute Gasteiger partial charge is 0.376 e. The average molecular weight is 234 g/mol. The highest BCUT2D eigenvalue weighted by Crippen LogP contribution is 2.28. The molecule has 0 aliphatic carbocycles. The molecule has 1 aliphatic heterocycles. The van der Waals surface area contributed by atoms with Crippen molar-refractivity contribution in [3.63, 3.8) is 0 Å². The lowest BCUT2D eigenvalue weighted by molar-refractivity contribution is 0.287. The second kappa shape index (κ2) is 4.93. The molecule has 1 aromatic heterocycles. The lowest BCUT2D eigenvalue weighted by atomic mass is 9.80. The van der Waals surface area contributed by atoms with Gasteiger partial charge >= 0.3 is 7.05 Å². The van der Waals surface area contributed by atoms with Crippen LogP contribution < -0.4 is 11.5 Å². The molecule has 2 heterocycles. The molecule has 0 aromatic carbocycles. The highest BCUT2D eigenvalue weighted by atomic mass is 16.2. The molecule has 92 valence electrons. The third-order valence-corrected chi connectivity index (χ3v) is 3.46. The van der Waals surface area contributed by atoms with Crippen LogP contribution in [0, 0.1) is 0 Å². The molecule has 0 saturated carbocycles. The monoisotopic (exact) mass is 234 g/mol. The predicted molar refractivity (Wildman–Crippen MR) is 70.4 cm³/mol. The summed E-state index contributed by atoms with van der Waals surface area (Å²) in [6.07, 6.45) is 2.00. The number of aromatic nitrogens is 1. The van der Waals surface area contributed by atoms with Crippen LogP contribution in [-0.2, 0) is 0 Å². The standard InChI is InChI=1S/C11H19BN4O/c1-12(17)16-6-4-8(5-7-16)10-3-2-9(13)11(14)15-10/h2-3,8,17H,4-7,13H2,1H3,(H2,14,15). The number of nitrogen functional groups attached to an aromatic ring is 2. The maximum atomic E-state index is 9.49. The Morgan fingerprint density at radius 1 is 1.35 bits per heavy atom. The van der Waals surface area contributed by atoms with Gasteiger partial charge in [0.1, 0.15) is 5.82 Å². The van der Waals surface area contributed by atoms with Crippen LogP contribution in [0.5, 0.6) is 0 Å². The van der Waals surface area contributed by atoms with Crippen LogP contribution in [0.1, 0.15) is 24.5 Å². The summed E-state index contributed by atoms with van der Waals surface area (Å²) in [6.45, 7) is 3.60. The Balaban J connectivity index is 2.03. The summed E-state index contributed by atoms with van der Waals surface area (Å²) in [5.74, 6) is 0.841. The average Bonchev–Trinajstić information content (AvgIpc) is 2.33. The zero-order valence-corrected chi connectivity index (χ0v) is 10.1. The Bertz CT molecular complexity index is 391. The molecule has 0 atom stereocenters. The Kier molecular flexibility index (Phi) is 3.54. The Morgan fingerprint density at radius 2 is 2.00 bits per heavy atom. The molecular formula is C11H19BN4O. The van der Waals surface area contributed by atoms with Gasteiger partial charge in [-0.1, -0.05) is 0 Å². The van der Waals surface area contributed by atoms with Crippen LogP contribution in [0.15, 0.2) is 12.1 Å². The van der Waals surface area contributed by atoms with Crippen molar-refractivity contribution in [2.24, 2.45) is 0 Å². The molecule has 0 bridgehead atoms. The zero-order valence-electron chi connectivity index (χ0n) is 10.1. The van der Waals surface area contributed by atoms with E-state index < -0.39 is 0 Å². The number of pyridine rings is 1. The van der Waals surface area contributed by atoms with Gasteiger partial charge in [-0.2, -0.15) is 0 Å². The van der Waals surface area contributed by atoms with Crippen molar-refractivity contribution >= 4 is 18.6 Å². The molecule has 0 spiro atoms. The van der Waals surface area contributed by atoms with Crippen LogP contribution in [-0.4, -0.2) is 35.0 Å². The molecule has 0 radical (unpaired) electrons.